The second-order valence-electron chi connectivity index (χ2n) is 4.59. The minimum atomic E-state index is -0.446. The Kier molecular flexibility index (Phi) is 4.32. The van der Waals surface area contributed by atoms with Crippen LogP contribution >= 0.6 is 0 Å². The molecule has 0 bridgehead atoms. The molecule has 0 saturated carbocycles. The van der Waals surface area contributed by atoms with Crippen LogP contribution in [0.2, 0.25) is 0 Å². The average Bonchev–Trinajstić information content (AvgIpc) is 2.49. The molecule has 4 N–H and O–H groups in total. The van der Waals surface area contributed by atoms with Crippen molar-refractivity contribution >= 4 is 11.7 Å². The molecule has 1 amide bonds. The molecule has 0 saturated heterocycles. The van der Waals surface area contributed by atoms with Crippen LogP contribution in [-0.2, 0) is 4.79 Å². The summed E-state index contributed by atoms with van der Waals surface area (Å²) in [6.07, 6.45) is 1.50. The third-order valence-electron chi connectivity index (χ3n) is 3.16. The van der Waals surface area contributed by atoms with Gasteiger partial charge in [-0.3, -0.25) is 4.79 Å². The van der Waals surface area contributed by atoms with Gasteiger partial charge < -0.3 is 16.2 Å². The van der Waals surface area contributed by atoms with Gasteiger partial charge in [-0.25, -0.2) is 4.98 Å². The Labute approximate surface area is 117 Å². The van der Waals surface area contributed by atoms with Crippen LogP contribution < -0.4 is 11.1 Å². The molecule has 0 aliphatic heterocycles. The maximum atomic E-state index is 12.1. The fourth-order valence-corrected chi connectivity index (χ4v) is 1.85. The highest BCUT2D eigenvalue weighted by Crippen LogP contribution is 2.23. The van der Waals surface area contributed by atoms with Crippen molar-refractivity contribution < 1.29 is 9.90 Å². The van der Waals surface area contributed by atoms with Crippen LogP contribution in [0.5, 0.6) is 5.75 Å². The standard InChI is InChI=1S/C15H17N3O2/c1-10(13(16)11-6-3-2-4-7-11)15(20)18-14-12(19)8-5-9-17-14/h2-10,13,19H,16H2,1H3,(H,17,18,20). The zero-order chi connectivity index (χ0) is 14.5. The third-order valence-corrected chi connectivity index (χ3v) is 3.16. The molecule has 1 heterocycles. The Balaban J connectivity index is 2.08. The van der Waals surface area contributed by atoms with Gasteiger partial charge in [-0.2, -0.15) is 0 Å². The minimum Gasteiger partial charge on any atom is -0.504 e. The number of nitrogens with one attached hydrogen (secondary N) is 1. The molecule has 2 aromatic rings. The summed E-state index contributed by atoms with van der Waals surface area (Å²) in [5, 5.41) is 12.2. The first-order valence-electron chi connectivity index (χ1n) is 6.35. The monoisotopic (exact) mass is 271 g/mol. The summed E-state index contributed by atoms with van der Waals surface area (Å²) in [4.78, 5) is 16.0. The van der Waals surface area contributed by atoms with Crippen molar-refractivity contribution in [3.63, 3.8) is 0 Å². The molecule has 1 aromatic carbocycles. The predicted molar refractivity (Wildman–Crippen MR) is 77.1 cm³/mol. The van der Waals surface area contributed by atoms with Crippen LogP contribution in [0.4, 0.5) is 5.82 Å². The predicted octanol–water partition coefficient (Wildman–Crippen LogP) is 2.06. The molecule has 0 aliphatic rings. The van der Waals surface area contributed by atoms with Crippen LogP contribution in [0.1, 0.15) is 18.5 Å². The molecule has 20 heavy (non-hydrogen) atoms. The number of hydrogen-bond acceptors (Lipinski definition) is 4. The first kappa shape index (κ1) is 14.0. The van der Waals surface area contributed by atoms with E-state index in [1.165, 1.54) is 12.3 Å². The maximum Gasteiger partial charge on any atom is 0.230 e. The average molecular weight is 271 g/mol. The zero-order valence-electron chi connectivity index (χ0n) is 11.2. The molecule has 2 rings (SSSR count). The van der Waals surface area contributed by atoms with E-state index in [1.807, 2.05) is 30.3 Å². The summed E-state index contributed by atoms with van der Waals surface area (Å²) in [6.45, 7) is 1.74. The van der Waals surface area contributed by atoms with Crippen molar-refractivity contribution in [2.45, 2.75) is 13.0 Å². The maximum absolute atomic E-state index is 12.1. The number of nitrogens with two attached hydrogens (primary N) is 1. The molecule has 104 valence electrons. The van der Waals surface area contributed by atoms with E-state index in [-0.39, 0.29) is 17.5 Å². The summed E-state index contributed by atoms with van der Waals surface area (Å²) in [6, 6.07) is 12.1. The summed E-state index contributed by atoms with van der Waals surface area (Å²) in [5.74, 6) is -0.653. The van der Waals surface area contributed by atoms with E-state index in [0.29, 0.717) is 0 Å². The number of amides is 1. The lowest BCUT2D eigenvalue weighted by molar-refractivity contribution is -0.120. The van der Waals surface area contributed by atoms with Gasteiger partial charge in [0.1, 0.15) is 0 Å². The first-order chi connectivity index (χ1) is 9.59. The molecule has 0 spiro atoms. The Morgan fingerprint density at radius 1 is 1.25 bits per heavy atom. The number of carbonyl (C=O) groups excluding carboxylic acids is 1. The third kappa shape index (κ3) is 3.13. The largest absolute Gasteiger partial charge is 0.504 e. The Morgan fingerprint density at radius 3 is 2.60 bits per heavy atom. The van der Waals surface area contributed by atoms with Gasteiger partial charge in [0.2, 0.25) is 5.91 Å². The van der Waals surface area contributed by atoms with Crippen molar-refractivity contribution in [3.8, 4) is 5.75 Å². The van der Waals surface area contributed by atoms with Crippen molar-refractivity contribution in [2.24, 2.45) is 11.7 Å². The summed E-state index contributed by atoms with van der Waals surface area (Å²) in [5.41, 5.74) is 6.98. The SMILES string of the molecule is CC(C(=O)Nc1ncccc1O)C(N)c1ccccc1. The van der Waals surface area contributed by atoms with E-state index in [9.17, 15) is 9.90 Å². The highest BCUT2D eigenvalue weighted by Gasteiger charge is 2.23. The number of rotatable bonds is 4. The van der Waals surface area contributed by atoms with Gasteiger partial charge in [0.25, 0.3) is 0 Å². The number of anilines is 1. The zero-order valence-corrected chi connectivity index (χ0v) is 11.2. The molecule has 5 heteroatoms. The van der Waals surface area contributed by atoms with Gasteiger partial charge in [-0.1, -0.05) is 37.3 Å². The quantitative estimate of drug-likeness (QED) is 0.794. The van der Waals surface area contributed by atoms with Gasteiger partial charge >= 0.3 is 0 Å². The lowest BCUT2D eigenvalue weighted by Crippen LogP contribution is -2.30. The van der Waals surface area contributed by atoms with E-state index in [0.717, 1.165) is 5.56 Å². The van der Waals surface area contributed by atoms with E-state index >= 15 is 0 Å². The molecular weight excluding hydrogens is 254 g/mol. The molecule has 5 nitrogen and oxygen atoms in total. The van der Waals surface area contributed by atoms with Crippen molar-refractivity contribution in [1.82, 2.24) is 4.98 Å². The smallest absolute Gasteiger partial charge is 0.230 e. The van der Waals surface area contributed by atoms with Crippen LogP contribution in [0.3, 0.4) is 0 Å². The number of benzene rings is 1. The van der Waals surface area contributed by atoms with Crippen LogP contribution in [0.15, 0.2) is 48.7 Å². The van der Waals surface area contributed by atoms with E-state index in [1.54, 1.807) is 13.0 Å². The number of aromatic nitrogens is 1. The topological polar surface area (TPSA) is 88.2 Å². The number of nitrogens with zero attached hydrogens (tertiary/aromatic N) is 1. The summed E-state index contributed by atoms with van der Waals surface area (Å²) < 4.78 is 0. The number of aromatic hydroxyl groups is 1. The Morgan fingerprint density at radius 2 is 1.95 bits per heavy atom. The number of carbonyl (C=O) groups is 1. The highest BCUT2D eigenvalue weighted by molar-refractivity contribution is 5.93. The number of pyridine rings is 1. The van der Waals surface area contributed by atoms with E-state index < -0.39 is 12.0 Å². The first-order valence-corrected chi connectivity index (χ1v) is 6.35. The number of hydrogen-bond donors (Lipinski definition) is 3. The van der Waals surface area contributed by atoms with Crippen LogP contribution in [0.25, 0.3) is 0 Å². The molecule has 0 fully saturated rings. The van der Waals surface area contributed by atoms with Gasteiger partial charge in [0, 0.05) is 12.2 Å². The van der Waals surface area contributed by atoms with Gasteiger partial charge in [-0.15, -0.1) is 0 Å². The lowest BCUT2D eigenvalue weighted by atomic mass is 9.95. The summed E-state index contributed by atoms with van der Waals surface area (Å²) in [7, 11) is 0. The molecule has 2 unspecified atom stereocenters. The normalized spacial score (nSPS) is 13.5. The molecule has 2 atom stereocenters. The van der Waals surface area contributed by atoms with E-state index in [2.05, 4.69) is 10.3 Å². The summed E-state index contributed by atoms with van der Waals surface area (Å²) >= 11 is 0. The minimum absolute atomic E-state index is 0.0682. The fourth-order valence-electron chi connectivity index (χ4n) is 1.85. The molecule has 1 aromatic heterocycles. The van der Waals surface area contributed by atoms with Crippen molar-refractivity contribution in [1.29, 1.82) is 0 Å². The highest BCUT2D eigenvalue weighted by atomic mass is 16.3. The van der Waals surface area contributed by atoms with Crippen molar-refractivity contribution in [3.05, 3.63) is 54.2 Å². The van der Waals surface area contributed by atoms with E-state index in [4.69, 9.17) is 5.73 Å². The van der Waals surface area contributed by atoms with Gasteiger partial charge in [0.05, 0.1) is 5.92 Å². The molecule has 0 radical (unpaired) electrons. The van der Waals surface area contributed by atoms with Crippen LogP contribution in [0, 0.1) is 5.92 Å². The Bertz CT molecular complexity index is 587. The fraction of sp³-hybridized carbons (Fsp3) is 0.200. The van der Waals surface area contributed by atoms with Crippen LogP contribution in [-0.4, -0.2) is 16.0 Å². The molecule has 0 aliphatic carbocycles. The lowest BCUT2D eigenvalue weighted by Gasteiger charge is -2.19. The molecular formula is C15H17N3O2. The second kappa shape index (κ2) is 6.16. The Hall–Kier alpha value is -2.40. The van der Waals surface area contributed by atoms with Gasteiger partial charge in [0.15, 0.2) is 11.6 Å². The van der Waals surface area contributed by atoms with Gasteiger partial charge in [-0.05, 0) is 17.7 Å². The second-order valence-corrected chi connectivity index (χ2v) is 4.59. The van der Waals surface area contributed by atoms with Crippen molar-refractivity contribution in [2.75, 3.05) is 5.32 Å².